The number of carbonyl (C=O) groups is 1. The average Bonchev–Trinajstić information content (AvgIpc) is 3.34. The Morgan fingerprint density at radius 1 is 1.37 bits per heavy atom. The summed E-state index contributed by atoms with van der Waals surface area (Å²) in [5.74, 6) is 1.77. The van der Waals surface area contributed by atoms with Gasteiger partial charge in [-0.2, -0.15) is 5.26 Å². The number of nitrogens with one attached hydrogen (secondary N) is 2. The molecule has 0 aliphatic heterocycles. The van der Waals surface area contributed by atoms with Gasteiger partial charge in [0.05, 0.1) is 30.8 Å². The van der Waals surface area contributed by atoms with Gasteiger partial charge >= 0.3 is 0 Å². The molecule has 1 saturated carbocycles. The summed E-state index contributed by atoms with van der Waals surface area (Å²) < 4.78 is 7.23. The molecule has 1 aliphatic rings. The zero-order valence-electron chi connectivity index (χ0n) is 17.4. The molecule has 0 saturated heterocycles. The molecule has 0 radical (unpaired) electrons. The van der Waals surface area contributed by atoms with E-state index in [4.69, 9.17) is 15.0 Å². The second kappa shape index (κ2) is 9.26. The standard InChI is InChI=1S/C22H28N6O2/c1-30-11-10-24-20(29)12-19-27-18-13-26-22-17(7-9-25-22)21(18)28(19)14-16-4-2-15(3-5-16)6-8-23/h7,9,13,15-16H,2-6,10-12,14H2,1H3,(H,24,29)(H,25,26). The third-order valence-electron chi connectivity index (χ3n) is 6.10. The summed E-state index contributed by atoms with van der Waals surface area (Å²) in [4.78, 5) is 24.9. The number of ether oxygens (including phenoxy) is 1. The first kappa shape index (κ1) is 20.4. The molecular weight excluding hydrogens is 380 g/mol. The lowest BCUT2D eigenvalue weighted by molar-refractivity contribution is -0.120. The van der Waals surface area contributed by atoms with Crippen LogP contribution in [0.3, 0.4) is 0 Å². The Labute approximate surface area is 175 Å². The van der Waals surface area contributed by atoms with Gasteiger partial charge in [-0.1, -0.05) is 0 Å². The number of aromatic nitrogens is 4. The highest BCUT2D eigenvalue weighted by atomic mass is 16.5. The van der Waals surface area contributed by atoms with Gasteiger partial charge in [-0.05, 0) is 43.6 Å². The van der Waals surface area contributed by atoms with Crippen molar-refractivity contribution >= 4 is 28.0 Å². The number of rotatable bonds is 8. The average molecular weight is 409 g/mol. The molecule has 0 unspecified atom stereocenters. The molecule has 1 aliphatic carbocycles. The fourth-order valence-electron chi connectivity index (χ4n) is 4.51. The summed E-state index contributed by atoms with van der Waals surface area (Å²) in [6.45, 7) is 1.81. The van der Waals surface area contributed by atoms with E-state index in [0.29, 0.717) is 31.4 Å². The van der Waals surface area contributed by atoms with E-state index in [9.17, 15) is 4.79 Å². The number of imidazole rings is 1. The lowest BCUT2D eigenvalue weighted by Crippen LogP contribution is -2.29. The second-order valence-electron chi connectivity index (χ2n) is 8.14. The van der Waals surface area contributed by atoms with Crippen LogP contribution in [-0.4, -0.2) is 45.7 Å². The molecule has 0 spiro atoms. The maximum absolute atomic E-state index is 12.5. The summed E-state index contributed by atoms with van der Waals surface area (Å²) in [6.07, 6.45) is 8.95. The number of pyridine rings is 1. The Morgan fingerprint density at radius 2 is 2.17 bits per heavy atom. The maximum atomic E-state index is 12.5. The first-order chi connectivity index (χ1) is 14.7. The highest BCUT2D eigenvalue weighted by Gasteiger charge is 2.24. The van der Waals surface area contributed by atoms with Crippen molar-refractivity contribution in [2.45, 2.75) is 45.1 Å². The van der Waals surface area contributed by atoms with Crippen LogP contribution in [0.15, 0.2) is 18.5 Å². The van der Waals surface area contributed by atoms with E-state index in [1.165, 1.54) is 0 Å². The van der Waals surface area contributed by atoms with Crippen LogP contribution in [-0.2, 0) is 22.5 Å². The molecule has 3 aromatic rings. The highest BCUT2D eigenvalue weighted by molar-refractivity contribution is 6.01. The maximum Gasteiger partial charge on any atom is 0.227 e. The van der Waals surface area contributed by atoms with E-state index >= 15 is 0 Å². The van der Waals surface area contributed by atoms with E-state index < -0.39 is 0 Å². The number of methoxy groups -OCH3 is 1. The van der Waals surface area contributed by atoms with Crippen molar-refractivity contribution in [2.75, 3.05) is 20.3 Å². The second-order valence-corrected chi connectivity index (χ2v) is 8.14. The summed E-state index contributed by atoms with van der Waals surface area (Å²) >= 11 is 0. The topological polar surface area (TPSA) is 109 Å². The quantitative estimate of drug-likeness (QED) is 0.557. The van der Waals surface area contributed by atoms with Crippen LogP contribution in [0.2, 0.25) is 0 Å². The zero-order valence-corrected chi connectivity index (χ0v) is 17.4. The molecule has 0 aromatic carbocycles. The molecule has 3 aromatic heterocycles. The number of hydrogen-bond acceptors (Lipinski definition) is 5. The van der Waals surface area contributed by atoms with Gasteiger partial charge in [-0.15, -0.1) is 0 Å². The molecule has 0 atom stereocenters. The fraction of sp³-hybridized carbons (Fsp3) is 0.545. The predicted octanol–water partition coefficient (Wildman–Crippen LogP) is 2.94. The predicted molar refractivity (Wildman–Crippen MR) is 114 cm³/mol. The summed E-state index contributed by atoms with van der Waals surface area (Å²) in [5.41, 5.74) is 2.69. The van der Waals surface area contributed by atoms with Crippen molar-refractivity contribution in [3.05, 3.63) is 24.3 Å². The number of aromatic amines is 1. The molecular formula is C22H28N6O2. The van der Waals surface area contributed by atoms with Crippen LogP contribution < -0.4 is 5.32 Å². The molecule has 1 fully saturated rings. The van der Waals surface area contributed by atoms with Crippen molar-refractivity contribution in [3.63, 3.8) is 0 Å². The first-order valence-electron chi connectivity index (χ1n) is 10.6. The normalized spacial score (nSPS) is 19.2. The van der Waals surface area contributed by atoms with Gasteiger partial charge in [0.2, 0.25) is 5.91 Å². The number of nitriles is 1. The molecule has 2 N–H and O–H groups in total. The number of nitrogens with zero attached hydrogens (tertiary/aromatic N) is 4. The van der Waals surface area contributed by atoms with Gasteiger partial charge in [-0.3, -0.25) is 4.79 Å². The van der Waals surface area contributed by atoms with Gasteiger partial charge in [-0.25, -0.2) is 9.97 Å². The molecule has 3 heterocycles. The van der Waals surface area contributed by atoms with E-state index in [1.54, 1.807) is 13.3 Å². The lowest BCUT2D eigenvalue weighted by atomic mass is 9.80. The number of amides is 1. The molecule has 8 heteroatoms. The minimum absolute atomic E-state index is 0.0559. The van der Waals surface area contributed by atoms with Crippen LogP contribution >= 0.6 is 0 Å². The summed E-state index contributed by atoms with van der Waals surface area (Å²) in [6, 6.07) is 4.33. The first-order valence-corrected chi connectivity index (χ1v) is 10.6. The molecule has 0 bridgehead atoms. The zero-order chi connectivity index (χ0) is 20.9. The van der Waals surface area contributed by atoms with Crippen molar-refractivity contribution < 1.29 is 9.53 Å². The summed E-state index contributed by atoms with van der Waals surface area (Å²) in [7, 11) is 1.62. The van der Waals surface area contributed by atoms with E-state index in [0.717, 1.165) is 60.1 Å². The van der Waals surface area contributed by atoms with E-state index in [-0.39, 0.29) is 12.3 Å². The van der Waals surface area contributed by atoms with Crippen LogP contribution in [0.1, 0.15) is 37.9 Å². The van der Waals surface area contributed by atoms with Crippen molar-refractivity contribution in [3.8, 4) is 6.07 Å². The molecule has 30 heavy (non-hydrogen) atoms. The van der Waals surface area contributed by atoms with Crippen LogP contribution in [0.25, 0.3) is 22.1 Å². The molecule has 1 amide bonds. The Morgan fingerprint density at radius 3 is 2.93 bits per heavy atom. The Kier molecular flexibility index (Phi) is 6.29. The molecule has 8 nitrogen and oxygen atoms in total. The van der Waals surface area contributed by atoms with Gasteiger partial charge in [0, 0.05) is 38.2 Å². The van der Waals surface area contributed by atoms with Gasteiger partial charge in [0.15, 0.2) is 0 Å². The Balaban J connectivity index is 1.60. The number of carbonyl (C=O) groups excluding carboxylic acids is 1. The van der Waals surface area contributed by atoms with Crippen LogP contribution in [0, 0.1) is 23.2 Å². The third-order valence-corrected chi connectivity index (χ3v) is 6.10. The van der Waals surface area contributed by atoms with Crippen LogP contribution in [0.5, 0.6) is 0 Å². The fourth-order valence-corrected chi connectivity index (χ4v) is 4.51. The number of H-pyrrole nitrogens is 1. The molecule has 4 rings (SSSR count). The Hall–Kier alpha value is -2.92. The third kappa shape index (κ3) is 4.31. The summed E-state index contributed by atoms with van der Waals surface area (Å²) in [5, 5.41) is 12.9. The smallest absolute Gasteiger partial charge is 0.227 e. The van der Waals surface area contributed by atoms with E-state index in [1.807, 2.05) is 12.3 Å². The number of fused-ring (bicyclic) bond motifs is 3. The Bertz CT molecular complexity index is 1050. The highest BCUT2D eigenvalue weighted by Crippen LogP contribution is 2.33. The largest absolute Gasteiger partial charge is 0.383 e. The van der Waals surface area contributed by atoms with Crippen molar-refractivity contribution in [1.82, 2.24) is 24.8 Å². The van der Waals surface area contributed by atoms with E-state index in [2.05, 4.69) is 25.9 Å². The van der Waals surface area contributed by atoms with Gasteiger partial charge in [0.25, 0.3) is 0 Å². The SMILES string of the molecule is COCCNC(=O)Cc1nc2cnc3[nH]ccc3c2n1CC1CCC(CC#N)CC1. The minimum atomic E-state index is -0.0559. The van der Waals surface area contributed by atoms with Gasteiger partial charge in [0.1, 0.15) is 17.0 Å². The number of hydrogen-bond donors (Lipinski definition) is 2. The van der Waals surface area contributed by atoms with Crippen molar-refractivity contribution in [2.24, 2.45) is 11.8 Å². The lowest BCUT2D eigenvalue weighted by Gasteiger charge is -2.28. The van der Waals surface area contributed by atoms with Crippen molar-refractivity contribution in [1.29, 1.82) is 5.26 Å². The monoisotopic (exact) mass is 408 g/mol. The van der Waals surface area contributed by atoms with Gasteiger partial charge < -0.3 is 19.6 Å². The molecule has 158 valence electrons. The minimum Gasteiger partial charge on any atom is -0.383 e. The van der Waals surface area contributed by atoms with Crippen LogP contribution in [0.4, 0.5) is 0 Å².